The van der Waals surface area contributed by atoms with Gasteiger partial charge in [0.25, 0.3) is 5.89 Å². The highest BCUT2D eigenvalue weighted by Crippen LogP contribution is 2.19. The Labute approximate surface area is 93.7 Å². The van der Waals surface area contributed by atoms with Crippen molar-refractivity contribution in [2.24, 2.45) is 5.73 Å². The molecule has 2 aromatic heterocycles. The average Bonchev–Trinajstić information content (AvgIpc) is 2.77. The Morgan fingerprint density at radius 1 is 1.38 bits per heavy atom. The second-order valence-electron chi connectivity index (χ2n) is 3.62. The zero-order valence-electron chi connectivity index (χ0n) is 9.34. The summed E-state index contributed by atoms with van der Waals surface area (Å²) in [6.45, 7) is 3.89. The van der Waals surface area contributed by atoms with E-state index in [1.807, 2.05) is 32.0 Å². The van der Waals surface area contributed by atoms with Crippen molar-refractivity contribution < 1.29 is 4.42 Å². The summed E-state index contributed by atoms with van der Waals surface area (Å²) >= 11 is 0. The van der Waals surface area contributed by atoms with E-state index in [-0.39, 0.29) is 6.04 Å². The van der Waals surface area contributed by atoms with Crippen molar-refractivity contribution in [1.29, 1.82) is 0 Å². The van der Waals surface area contributed by atoms with Gasteiger partial charge in [0.1, 0.15) is 5.69 Å². The first-order valence-corrected chi connectivity index (χ1v) is 5.23. The van der Waals surface area contributed by atoms with Crippen LogP contribution in [0.5, 0.6) is 0 Å². The molecule has 84 valence electrons. The molecule has 0 aromatic carbocycles. The smallest absolute Gasteiger partial charge is 0.266 e. The van der Waals surface area contributed by atoms with Crippen LogP contribution in [-0.2, 0) is 0 Å². The minimum atomic E-state index is -0.203. The molecule has 2 heterocycles. The largest absolute Gasteiger partial charge is 0.418 e. The summed E-state index contributed by atoms with van der Waals surface area (Å²) in [7, 11) is 0. The molecule has 5 nitrogen and oxygen atoms in total. The minimum Gasteiger partial charge on any atom is -0.418 e. The van der Waals surface area contributed by atoms with E-state index in [1.165, 1.54) is 0 Å². The van der Waals surface area contributed by atoms with Gasteiger partial charge in [-0.1, -0.05) is 13.0 Å². The van der Waals surface area contributed by atoms with Crippen LogP contribution in [0.1, 0.15) is 31.0 Å². The van der Waals surface area contributed by atoms with E-state index in [0.717, 1.165) is 12.1 Å². The zero-order valence-corrected chi connectivity index (χ0v) is 9.34. The molecule has 0 radical (unpaired) electrons. The van der Waals surface area contributed by atoms with Crippen LogP contribution in [0.4, 0.5) is 0 Å². The first-order chi connectivity index (χ1) is 7.70. The van der Waals surface area contributed by atoms with Crippen molar-refractivity contribution in [2.75, 3.05) is 0 Å². The third-order valence-electron chi connectivity index (χ3n) is 2.31. The van der Waals surface area contributed by atoms with Gasteiger partial charge in [0, 0.05) is 5.69 Å². The molecule has 0 aliphatic heterocycles. The highest BCUT2D eigenvalue weighted by molar-refractivity contribution is 5.45. The molecule has 0 aliphatic carbocycles. The van der Waals surface area contributed by atoms with E-state index in [1.54, 1.807) is 0 Å². The molecular weight excluding hydrogens is 204 g/mol. The standard InChI is InChI=1S/C11H14N4O/c1-3-8(12)10-14-15-11(16-10)9-6-4-5-7(2)13-9/h4-6,8H,3,12H2,1-2H3. The Balaban J connectivity index is 2.31. The molecule has 0 spiro atoms. The molecule has 0 saturated carbocycles. The maximum absolute atomic E-state index is 5.80. The van der Waals surface area contributed by atoms with E-state index in [4.69, 9.17) is 10.2 Å². The van der Waals surface area contributed by atoms with Crippen LogP contribution < -0.4 is 5.73 Å². The number of rotatable bonds is 3. The van der Waals surface area contributed by atoms with E-state index in [2.05, 4.69) is 15.2 Å². The fraction of sp³-hybridized carbons (Fsp3) is 0.364. The van der Waals surface area contributed by atoms with Crippen LogP contribution in [0, 0.1) is 6.92 Å². The summed E-state index contributed by atoms with van der Waals surface area (Å²) in [5.74, 6) is 0.878. The van der Waals surface area contributed by atoms with E-state index < -0.39 is 0 Å². The maximum atomic E-state index is 5.80. The van der Waals surface area contributed by atoms with E-state index >= 15 is 0 Å². The number of aryl methyl sites for hydroxylation is 1. The Bertz CT molecular complexity index is 480. The van der Waals surface area contributed by atoms with Crippen LogP contribution in [0.3, 0.4) is 0 Å². The van der Waals surface area contributed by atoms with Gasteiger partial charge in [-0.25, -0.2) is 4.98 Å². The summed E-state index contributed by atoms with van der Waals surface area (Å²) in [6, 6.07) is 5.45. The number of hydrogen-bond acceptors (Lipinski definition) is 5. The van der Waals surface area contributed by atoms with E-state index in [9.17, 15) is 0 Å². The normalized spacial score (nSPS) is 12.7. The zero-order chi connectivity index (χ0) is 11.5. The summed E-state index contributed by atoms with van der Waals surface area (Å²) in [5, 5.41) is 7.85. The molecule has 0 fully saturated rings. The molecule has 1 unspecified atom stereocenters. The molecule has 0 amide bonds. The second-order valence-corrected chi connectivity index (χ2v) is 3.62. The van der Waals surface area contributed by atoms with Crippen molar-refractivity contribution in [3.05, 3.63) is 29.8 Å². The van der Waals surface area contributed by atoms with Gasteiger partial charge in [0.15, 0.2) is 0 Å². The third kappa shape index (κ3) is 2.09. The van der Waals surface area contributed by atoms with Gasteiger partial charge >= 0.3 is 0 Å². The van der Waals surface area contributed by atoms with Gasteiger partial charge in [-0.15, -0.1) is 10.2 Å². The highest BCUT2D eigenvalue weighted by Gasteiger charge is 2.14. The maximum Gasteiger partial charge on any atom is 0.266 e. The number of nitrogens with two attached hydrogens (primary N) is 1. The molecule has 0 saturated heterocycles. The summed E-state index contributed by atoms with van der Waals surface area (Å²) in [5.41, 5.74) is 7.40. The van der Waals surface area contributed by atoms with Gasteiger partial charge in [0.2, 0.25) is 5.89 Å². The molecule has 0 aliphatic rings. The lowest BCUT2D eigenvalue weighted by Gasteiger charge is -2.00. The molecule has 1 atom stereocenters. The number of pyridine rings is 1. The van der Waals surface area contributed by atoms with Crippen LogP contribution >= 0.6 is 0 Å². The van der Waals surface area contributed by atoms with Crippen molar-refractivity contribution in [3.8, 4) is 11.6 Å². The lowest BCUT2D eigenvalue weighted by Crippen LogP contribution is -2.08. The highest BCUT2D eigenvalue weighted by atomic mass is 16.4. The Kier molecular flexibility index (Phi) is 2.96. The fourth-order valence-corrected chi connectivity index (χ4v) is 1.32. The molecular formula is C11H14N4O. The van der Waals surface area contributed by atoms with Gasteiger partial charge in [-0.3, -0.25) is 0 Å². The Morgan fingerprint density at radius 3 is 2.88 bits per heavy atom. The fourth-order valence-electron chi connectivity index (χ4n) is 1.32. The van der Waals surface area contributed by atoms with Crippen molar-refractivity contribution in [3.63, 3.8) is 0 Å². The number of nitrogens with zero attached hydrogens (tertiary/aromatic N) is 3. The Hall–Kier alpha value is -1.75. The predicted molar refractivity (Wildman–Crippen MR) is 59.5 cm³/mol. The lowest BCUT2D eigenvalue weighted by molar-refractivity contribution is 0.451. The summed E-state index contributed by atoms with van der Waals surface area (Å²) < 4.78 is 5.47. The van der Waals surface area contributed by atoms with Crippen molar-refractivity contribution in [2.45, 2.75) is 26.3 Å². The van der Waals surface area contributed by atoms with Crippen LogP contribution in [0.2, 0.25) is 0 Å². The van der Waals surface area contributed by atoms with Crippen molar-refractivity contribution >= 4 is 0 Å². The van der Waals surface area contributed by atoms with Gasteiger partial charge in [0.05, 0.1) is 6.04 Å². The molecule has 16 heavy (non-hydrogen) atoms. The molecule has 0 bridgehead atoms. The number of hydrogen-bond donors (Lipinski definition) is 1. The van der Waals surface area contributed by atoms with Gasteiger partial charge in [-0.05, 0) is 25.5 Å². The SMILES string of the molecule is CCC(N)c1nnc(-c2cccc(C)n2)o1. The van der Waals surface area contributed by atoms with Crippen LogP contribution in [0.15, 0.2) is 22.6 Å². The number of aromatic nitrogens is 3. The molecule has 5 heteroatoms. The lowest BCUT2D eigenvalue weighted by atomic mass is 10.2. The molecule has 2 N–H and O–H groups in total. The van der Waals surface area contributed by atoms with E-state index in [0.29, 0.717) is 17.5 Å². The molecule has 2 aromatic rings. The predicted octanol–water partition coefficient (Wildman–Crippen LogP) is 1.85. The minimum absolute atomic E-state index is 0.203. The van der Waals surface area contributed by atoms with Crippen molar-refractivity contribution in [1.82, 2.24) is 15.2 Å². The monoisotopic (exact) mass is 218 g/mol. The first-order valence-electron chi connectivity index (χ1n) is 5.23. The topological polar surface area (TPSA) is 77.8 Å². The van der Waals surface area contributed by atoms with Crippen LogP contribution in [-0.4, -0.2) is 15.2 Å². The van der Waals surface area contributed by atoms with Gasteiger partial charge < -0.3 is 10.2 Å². The summed E-state index contributed by atoms with van der Waals surface area (Å²) in [4.78, 5) is 4.30. The first kappa shape index (κ1) is 10.8. The van der Waals surface area contributed by atoms with Gasteiger partial charge in [-0.2, -0.15) is 0 Å². The quantitative estimate of drug-likeness (QED) is 0.850. The Morgan fingerprint density at radius 2 is 2.19 bits per heavy atom. The average molecular weight is 218 g/mol. The van der Waals surface area contributed by atoms with Crippen LogP contribution in [0.25, 0.3) is 11.6 Å². The molecule has 2 rings (SSSR count). The second kappa shape index (κ2) is 4.40. The summed E-state index contributed by atoms with van der Waals surface area (Å²) in [6.07, 6.45) is 0.767. The third-order valence-corrected chi connectivity index (χ3v) is 2.31.